The minimum Gasteiger partial charge on any atom is -0.493 e. The molecule has 0 saturated heterocycles. The summed E-state index contributed by atoms with van der Waals surface area (Å²) in [7, 11) is 1.30. The third kappa shape index (κ3) is 9.07. The average molecular weight is 539 g/mol. The molecule has 2 aromatic rings. The van der Waals surface area contributed by atoms with E-state index in [4.69, 9.17) is 14.2 Å². The summed E-state index contributed by atoms with van der Waals surface area (Å²) in [6, 6.07) is 9.22. The van der Waals surface area contributed by atoms with Crippen molar-refractivity contribution in [1.29, 1.82) is 0 Å². The van der Waals surface area contributed by atoms with Gasteiger partial charge >= 0.3 is 11.9 Å². The molecule has 34 heavy (non-hydrogen) atoms. The standard InChI is InChI=1S/C25H27O7.B.Y/c1-6-22(26)30-11-7-8-12-31-23-17(3)14-20(15-18(23)4)25(28)32-21-10-9-19(13-16(21)2)24(27)29-5;;/h6,9,13-15H,1,7-8,11-12H2,2-5H3;;/q-1;;. The second-order valence-electron chi connectivity index (χ2n) is 7.15. The molecule has 0 aliphatic heterocycles. The van der Waals surface area contributed by atoms with Crippen molar-refractivity contribution in [3.63, 3.8) is 0 Å². The van der Waals surface area contributed by atoms with Gasteiger partial charge in [0.05, 0.1) is 25.9 Å². The van der Waals surface area contributed by atoms with Gasteiger partial charge in [-0.15, -0.1) is 11.6 Å². The fraction of sp³-hybridized carbons (Fsp3) is 0.320. The van der Waals surface area contributed by atoms with Gasteiger partial charge < -0.3 is 18.9 Å². The molecule has 0 atom stereocenters. The topological polar surface area (TPSA) is 88.1 Å². The first-order chi connectivity index (χ1) is 15.3. The number of rotatable bonds is 10. The second-order valence-corrected chi connectivity index (χ2v) is 7.15. The van der Waals surface area contributed by atoms with Crippen LogP contribution in [0.4, 0.5) is 0 Å². The molecule has 0 aromatic heterocycles. The van der Waals surface area contributed by atoms with E-state index in [1.165, 1.54) is 13.2 Å². The van der Waals surface area contributed by atoms with Crippen LogP contribution in [0.3, 0.4) is 0 Å². The Balaban J connectivity index is 0.00000544. The molecule has 0 fully saturated rings. The Bertz CT molecular complexity index is 997. The number of aryl methyl sites for hydroxylation is 3. The van der Waals surface area contributed by atoms with Gasteiger partial charge in [-0.25, -0.2) is 9.59 Å². The molecular weight excluding hydrogens is 512 g/mol. The van der Waals surface area contributed by atoms with E-state index < -0.39 is 17.9 Å². The molecule has 0 amide bonds. The van der Waals surface area contributed by atoms with Crippen LogP contribution in [0.25, 0.3) is 0 Å². The van der Waals surface area contributed by atoms with Crippen molar-refractivity contribution in [2.75, 3.05) is 20.3 Å². The van der Waals surface area contributed by atoms with Crippen molar-refractivity contribution in [1.82, 2.24) is 0 Å². The molecule has 0 heterocycles. The number of hydrogen-bond donors (Lipinski definition) is 0. The molecule has 2 aromatic carbocycles. The average Bonchev–Trinajstić information content (AvgIpc) is 2.77. The molecular formula is C25H27BO7Y-. The fourth-order valence-electron chi connectivity index (χ4n) is 3.00. The van der Waals surface area contributed by atoms with E-state index in [0.29, 0.717) is 48.5 Å². The Morgan fingerprint density at radius 2 is 1.53 bits per heavy atom. The molecule has 176 valence electrons. The van der Waals surface area contributed by atoms with Gasteiger partial charge in [-0.3, -0.25) is 4.79 Å². The first-order valence-corrected chi connectivity index (χ1v) is 10.1. The maximum absolute atomic E-state index is 12.6. The summed E-state index contributed by atoms with van der Waals surface area (Å²) in [6.07, 6.45) is 2.52. The van der Waals surface area contributed by atoms with Crippen molar-refractivity contribution >= 4 is 26.3 Å². The van der Waals surface area contributed by atoms with Crippen molar-refractivity contribution in [3.8, 4) is 11.5 Å². The molecule has 0 saturated carbocycles. The van der Waals surface area contributed by atoms with Gasteiger partial charge in [0.15, 0.2) is 0 Å². The smallest absolute Gasteiger partial charge is 0.341 e. The summed E-state index contributed by atoms with van der Waals surface area (Å²) in [4.78, 5) is 35.3. The van der Waals surface area contributed by atoms with Crippen LogP contribution in [-0.4, -0.2) is 46.6 Å². The minimum absolute atomic E-state index is 0. The van der Waals surface area contributed by atoms with E-state index in [9.17, 15) is 14.4 Å². The summed E-state index contributed by atoms with van der Waals surface area (Å²) >= 11 is 0. The van der Waals surface area contributed by atoms with Crippen molar-refractivity contribution in [2.24, 2.45) is 0 Å². The Hall–Kier alpha value is -2.44. The molecule has 0 bridgehead atoms. The van der Waals surface area contributed by atoms with E-state index in [1.54, 1.807) is 25.1 Å². The Morgan fingerprint density at radius 1 is 0.941 bits per heavy atom. The predicted octanol–water partition coefficient (Wildman–Crippen LogP) is 3.92. The summed E-state index contributed by atoms with van der Waals surface area (Å²) in [5, 5.41) is 0. The number of carbonyl (C=O) groups excluding carboxylic acids is 3. The zero-order valence-electron chi connectivity index (χ0n) is 19.9. The Labute approximate surface area is 227 Å². The van der Waals surface area contributed by atoms with Gasteiger partial charge in [-0.05, 0) is 49.9 Å². The number of esters is 3. The Morgan fingerprint density at radius 3 is 2.09 bits per heavy atom. The maximum Gasteiger partial charge on any atom is 0.341 e. The number of carbonyl (C=O) groups is 3. The van der Waals surface area contributed by atoms with Crippen LogP contribution in [-0.2, 0) is 47.0 Å². The zero-order chi connectivity index (χ0) is 23.7. The number of hydrogen-bond acceptors (Lipinski definition) is 7. The number of ether oxygens (including phenoxy) is 4. The molecule has 2 rings (SSSR count). The SMILES string of the molecule is C=CC(=O)OCCCCOc1c(C)cc(C(=O)Oc2[c-]cc(C(=O)OC)cc2C)cc1C.[B].[Y]. The fourth-order valence-corrected chi connectivity index (χ4v) is 3.00. The number of unbranched alkanes of at least 4 members (excludes halogenated alkanes) is 1. The van der Waals surface area contributed by atoms with Gasteiger partial charge in [0.25, 0.3) is 5.97 Å². The van der Waals surface area contributed by atoms with E-state index in [0.717, 1.165) is 17.2 Å². The summed E-state index contributed by atoms with van der Waals surface area (Å²) in [5.41, 5.74) is 2.91. The molecule has 0 aliphatic carbocycles. The first kappa shape index (κ1) is 31.6. The van der Waals surface area contributed by atoms with Crippen molar-refractivity contribution in [2.45, 2.75) is 33.6 Å². The van der Waals surface area contributed by atoms with Crippen LogP contribution < -0.4 is 9.47 Å². The molecule has 0 unspecified atom stereocenters. The Kier molecular flexibility index (Phi) is 14.3. The van der Waals surface area contributed by atoms with Gasteiger partial charge in [0.1, 0.15) is 5.75 Å². The quantitative estimate of drug-likeness (QED) is 0.113. The van der Waals surface area contributed by atoms with Gasteiger partial charge in [0.2, 0.25) is 0 Å². The molecule has 0 spiro atoms. The van der Waals surface area contributed by atoms with E-state index in [1.807, 2.05) is 13.8 Å². The van der Waals surface area contributed by atoms with E-state index in [-0.39, 0.29) is 46.9 Å². The largest absolute Gasteiger partial charge is 0.493 e. The van der Waals surface area contributed by atoms with Crippen LogP contribution in [0, 0.1) is 26.8 Å². The number of benzene rings is 2. The minimum atomic E-state index is -0.531. The zero-order valence-corrected chi connectivity index (χ0v) is 22.8. The van der Waals surface area contributed by atoms with E-state index in [2.05, 4.69) is 17.4 Å². The molecule has 7 nitrogen and oxygen atoms in total. The van der Waals surface area contributed by atoms with Crippen LogP contribution in [0.15, 0.2) is 36.9 Å². The summed E-state index contributed by atoms with van der Waals surface area (Å²) in [6.45, 7) is 9.54. The number of methoxy groups -OCH3 is 1. The normalized spacial score (nSPS) is 9.65. The molecule has 9 heteroatoms. The second kappa shape index (κ2) is 15.5. The van der Waals surface area contributed by atoms with Gasteiger partial charge in [-0.2, -0.15) is 12.1 Å². The first-order valence-electron chi connectivity index (χ1n) is 10.1. The van der Waals surface area contributed by atoms with Crippen LogP contribution in [0.1, 0.15) is 50.2 Å². The molecule has 0 N–H and O–H groups in total. The molecule has 0 aliphatic rings. The maximum atomic E-state index is 12.6. The summed E-state index contributed by atoms with van der Waals surface area (Å²) in [5.74, 6) is -0.503. The van der Waals surface area contributed by atoms with Crippen LogP contribution in [0.5, 0.6) is 11.5 Å². The van der Waals surface area contributed by atoms with Crippen molar-refractivity contribution < 1.29 is 66.0 Å². The predicted molar refractivity (Wildman–Crippen MR) is 124 cm³/mol. The van der Waals surface area contributed by atoms with Crippen LogP contribution in [0.2, 0.25) is 0 Å². The van der Waals surface area contributed by atoms with Gasteiger partial charge in [0, 0.05) is 52.9 Å². The third-order valence-corrected chi connectivity index (χ3v) is 4.60. The van der Waals surface area contributed by atoms with E-state index >= 15 is 0 Å². The third-order valence-electron chi connectivity index (χ3n) is 4.60. The van der Waals surface area contributed by atoms with Gasteiger partial charge in [-0.1, -0.05) is 19.1 Å². The summed E-state index contributed by atoms with van der Waals surface area (Å²) < 4.78 is 20.9. The van der Waals surface area contributed by atoms with Crippen molar-refractivity contribution in [3.05, 3.63) is 70.8 Å². The van der Waals surface area contributed by atoms with Crippen LogP contribution >= 0.6 is 0 Å². The monoisotopic (exact) mass is 539 g/mol. The molecule has 4 radical (unpaired) electrons.